The van der Waals surface area contributed by atoms with Gasteiger partial charge in [-0.25, -0.2) is 9.59 Å². The highest BCUT2D eigenvalue weighted by molar-refractivity contribution is 6.25. The van der Waals surface area contributed by atoms with Crippen molar-refractivity contribution >= 4 is 136 Å². The molecule has 8 aliphatic heterocycles. The lowest BCUT2D eigenvalue weighted by molar-refractivity contribution is -0.143. The van der Waals surface area contributed by atoms with E-state index in [2.05, 4.69) is 67.3 Å². The maximum Gasteiger partial charge on any atom is 0.407 e. The first-order valence-corrected chi connectivity index (χ1v) is 40.7. The number of nitrogens with one attached hydrogen (secondary N) is 8. The molecule has 4 atom stereocenters. The van der Waals surface area contributed by atoms with E-state index in [4.69, 9.17) is 65.5 Å². The van der Waals surface area contributed by atoms with Crippen molar-refractivity contribution in [2.75, 3.05) is 160 Å². The van der Waals surface area contributed by atoms with Gasteiger partial charge in [0, 0.05) is 144 Å². The van der Waals surface area contributed by atoms with Crippen LogP contribution in [-0.4, -0.2) is 294 Å². The Balaban J connectivity index is 0.000000227. The second-order valence-electron chi connectivity index (χ2n) is 29.8. The molecular formula is C81H103ClN20O27. The number of carbonyl (C=O) groups is 17. The van der Waals surface area contributed by atoms with Crippen LogP contribution in [0.4, 0.5) is 27.5 Å². The van der Waals surface area contributed by atoms with E-state index < -0.39 is 77.1 Å². The number of amides is 16. The SMILES string of the molecule is CC(C)(C)OC(=O)NCCOCCOCC(=O)Nc1cccc2c1CN(C1CCC(=O)NC1=O)C2=O.Cl.NCCOCCOCC(=O)Nc1cccc2c1CN(C1CCC(=O)NC1=O)C2=O.Nc1cccc2c1C(=O)N(C1CCC(=O)NC1=O)C2=O.[N-]=[N+]=NCCOCCOCC(=O)Nc1cccc2c1CN(C1CCC(=O)NC1)C2=O.[N-]=[N+]=NCCOCCOCC(=O)O. The Morgan fingerprint density at radius 3 is 1.25 bits per heavy atom. The third-order valence-corrected chi connectivity index (χ3v) is 19.6. The molecule has 48 heteroatoms. The van der Waals surface area contributed by atoms with Gasteiger partial charge in [0.05, 0.1) is 96.5 Å². The monoisotopic (exact) mass is 1820 g/mol. The number of hydrogen-bond acceptors (Lipinski definition) is 30. The number of nitrogen functional groups attached to an aromatic ring is 1. The fourth-order valence-electron chi connectivity index (χ4n) is 13.7. The molecule has 0 bridgehead atoms. The van der Waals surface area contributed by atoms with Crippen LogP contribution in [0.1, 0.15) is 141 Å². The zero-order valence-electron chi connectivity index (χ0n) is 71.0. The van der Waals surface area contributed by atoms with Crippen LogP contribution < -0.4 is 54.0 Å². The Hall–Kier alpha value is -13.2. The Kier molecular flexibility index (Phi) is 41.6. The number of carboxylic acid groups (broad SMARTS) is 1. The minimum atomic E-state index is -1.01. The predicted molar refractivity (Wildman–Crippen MR) is 453 cm³/mol. The maximum atomic E-state index is 12.9. The van der Waals surface area contributed by atoms with Gasteiger partial charge in [0.15, 0.2) is 0 Å². The van der Waals surface area contributed by atoms with E-state index in [1.165, 1.54) is 21.9 Å². The van der Waals surface area contributed by atoms with Crippen LogP contribution in [-0.2, 0) is 115 Å². The van der Waals surface area contributed by atoms with E-state index in [0.717, 1.165) is 10.5 Å². The molecule has 129 heavy (non-hydrogen) atoms. The number of hydrogen-bond donors (Lipinski definition) is 11. The zero-order chi connectivity index (χ0) is 92.8. The second kappa shape index (κ2) is 52.2. The van der Waals surface area contributed by atoms with Crippen molar-refractivity contribution in [1.82, 2.24) is 46.2 Å². The van der Waals surface area contributed by atoms with Crippen molar-refractivity contribution in [3.8, 4) is 0 Å². The van der Waals surface area contributed by atoms with Crippen LogP contribution in [0.15, 0.2) is 83.0 Å². The number of nitrogens with zero attached hydrogens (tertiary/aromatic N) is 10. The number of carbonyl (C=O) groups excluding carboxylic acids is 16. The van der Waals surface area contributed by atoms with Gasteiger partial charge in [-0.15, -0.1) is 12.4 Å². The molecule has 4 aromatic rings. The summed E-state index contributed by atoms with van der Waals surface area (Å²) in [4.78, 5) is 213. The summed E-state index contributed by atoms with van der Waals surface area (Å²) < 4.78 is 46.3. The van der Waals surface area contributed by atoms with E-state index in [-0.39, 0.29) is 226 Å². The van der Waals surface area contributed by atoms with Crippen molar-refractivity contribution in [3.63, 3.8) is 0 Å². The largest absolute Gasteiger partial charge is 0.480 e. The lowest BCUT2D eigenvalue weighted by Crippen LogP contribution is -2.54. The number of aliphatic carboxylic acids is 1. The number of anilines is 4. The summed E-state index contributed by atoms with van der Waals surface area (Å²) in [6.45, 7) is 10.3. The average Bonchev–Trinajstić information content (AvgIpc) is 1.60. The highest BCUT2D eigenvalue weighted by Crippen LogP contribution is 2.37. The van der Waals surface area contributed by atoms with Gasteiger partial charge in [-0.05, 0) is 106 Å². The molecule has 0 aromatic heterocycles. The Morgan fingerprint density at radius 2 is 0.853 bits per heavy atom. The van der Waals surface area contributed by atoms with Gasteiger partial charge in [-0.1, -0.05) is 34.5 Å². The highest BCUT2D eigenvalue weighted by Gasteiger charge is 2.47. The fourth-order valence-corrected chi connectivity index (χ4v) is 13.7. The van der Waals surface area contributed by atoms with Gasteiger partial charge >= 0.3 is 12.1 Å². The number of alkyl carbamates (subject to hydrolysis) is 1. The van der Waals surface area contributed by atoms with Crippen molar-refractivity contribution in [3.05, 3.63) is 138 Å². The topological polar surface area (TPSA) is 652 Å². The lowest BCUT2D eigenvalue weighted by Gasteiger charge is -2.31. The predicted octanol–water partition coefficient (Wildman–Crippen LogP) is 2.03. The van der Waals surface area contributed by atoms with Gasteiger partial charge in [-0.2, -0.15) is 0 Å². The van der Waals surface area contributed by atoms with Crippen LogP contribution in [0, 0.1) is 0 Å². The van der Waals surface area contributed by atoms with Crippen molar-refractivity contribution in [2.45, 2.75) is 122 Å². The van der Waals surface area contributed by atoms with Crippen LogP contribution >= 0.6 is 12.4 Å². The minimum absolute atomic E-state index is 0. The molecule has 0 radical (unpaired) electrons. The number of halogens is 1. The highest BCUT2D eigenvalue weighted by atomic mass is 35.5. The molecular weight excluding hydrogens is 1720 g/mol. The van der Waals surface area contributed by atoms with Gasteiger partial charge in [-0.3, -0.25) is 92.8 Å². The third-order valence-electron chi connectivity index (χ3n) is 19.6. The Morgan fingerprint density at radius 1 is 0.473 bits per heavy atom. The van der Waals surface area contributed by atoms with Crippen molar-refractivity contribution in [2.24, 2.45) is 16.0 Å². The molecule has 8 heterocycles. The number of carboxylic acids is 1. The molecule has 0 spiro atoms. The Labute approximate surface area is 743 Å². The molecule has 0 aliphatic carbocycles. The van der Waals surface area contributed by atoms with Crippen LogP contribution in [0.5, 0.6) is 0 Å². The zero-order valence-corrected chi connectivity index (χ0v) is 71.8. The summed E-state index contributed by atoms with van der Waals surface area (Å²) in [5.41, 5.74) is 32.0. The number of ether oxygens (including phenoxy) is 9. The number of rotatable bonds is 38. The van der Waals surface area contributed by atoms with Crippen molar-refractivity contribution in [1.29, 1.82) is 0 Å². The van der Waals surface area contributed by atoms with Crippen molar-refractivity contribution < 1.29 is 129 Å². The van der Waals surface area contributed by atoms with Crippen LogP contribution in [0.25, 0.3) is 20.9 Å². The third kappa shape index (κ3) is 31.4. The molecule has 8 aliphatic rings. The van der Waals surface area contributed by atoms with Gasteiger partial charge in [0.25, 0.3) is 29.5 Å². The molecule has 4 unspecified atom stereocenters. The number of imide groups is 4. The van der Waals surface area contributed by atoms with Crippen LogP contribution in [0.2, 0.25) is 0 Å². The molecule has 16 amide bonds. The molecule has 13 N–H and O–H groups in total. The van der Waals surface area contributed by atoms with E-state index in [9.17, 15) is 81.5 Å². The molecule has 4 saturated heterocycles. The molecule has 4 fully saturated rings. The van der Waals surface area contributed by atoms with Gasteiger partial charge < -0.3 is 100 Å². The van der Waals surface area contributed by atoms with Gasteiger partial charge in [0.2, 0.25) is 59.1 Å². The number of fused-ring (bicyclic) bond motifs is 4. The maximum absolute atomic E-state index is 12.9. The number of piperidine rings is 4. The summed E-state index contributed by atoms with van der Waals surface area (Å²) in [6.07, 6.45) is 1.65. The second-order valence-corrected chi connectivity index (χ2v) is 29.8. The smallest absolute Gasteiger partial charge is 0.407 e. The molecule has 47 nitrogen and oxygen atoms in total. The number of nitrogens with two attached hydrogens (primary N) is 2. The standard InChI is InChI=1S/C24H32N4O8.C19H24N6O5.C19H24N4O6.C13H11N3O4.C6H11N3O4.ClH/c1-24(2,3)36-23(33)25-9-10-34-11-12-35-14-20(30)26-17-6-4-5-15-16(17)13-28(22(15)32)18-7-8-19(29)27-21(18)31;20-24-22-6-7-29-8-9-30-12-18(27)23-16-3-1-2-14-15(16)11-25(19(14)28)13-4-5-17(26)21-10-13;20-6-7-28-8-9-29-11-17(25)21-14-3-1-2-12-13(14)10-23(19(12)27)15-4-5-16(24)22-18(15)26;14-7-3-1-2-6-10(7)13(20)16(12(6)19)8-4-5-9(17)15-11(8)18;7-9-8-1-2-12-3-4-13-5-6(10)11;/h4-6,18H,7-14H2,1-3H3,(H,25,33)(H,26,30)(H,27,29,31);1-3,13H,4-12H2,(H,21,26)(H,23,27);1-3,15H,4-11,20H2,(H,21,25)(H,22,24,26);1-3,8H,4-5,14H2,(H,15,17,18);1-5H2,(H,10,11);1H. The van der Waals surface area contributed by atoms with E-state index in [1.807, 2.05) is 0 Å². The molecule has 0 saturated carbocycles. The molecule has 696 valence electrons. The summed E-state index contributed by atoms with van der Waals surface area (Å²) in [6, 6.07) is 17.4. The van der Waals surface area contributed by atoms with Gasteiger partial charge in [0.1, 0.15) is 50.2 Å². The van der Waals surface area contributed by atoms with E-state index in [1.54, 1.807) is 86.3 Å². The Bertz CT molecular complexity index is 4850. The molecule has 12 rings (SSSR count). The number of benzene rings is 4. The average molecular weight is 1820 g/mol. The summed E-state index contributed by atoms with van der Waals surface area (Å²) >= 11 is 0. The number of azide groups is 2. The first kappa shape index (κ1) is 103. The summed E-state index contributed by atoms with van der Waals surface area (Å²) in [7, 11) is 0. The first-order valence-electron chi connectivity index (χ1n) is 40.7. The summed E-state index contributed by atoms with van der Waals surface area (Å²) in [5, 5.41) is 35.1. The fraction of sp³-hybridized carbons (Fsp3) is 0.494. The summed E-state index contributed by atoms with van der Waals surface area (Å²) in [5.74, 6) is -6.60. The minimum Gasteiger partial charge on any atom is -0.480 e. The van der Waals surface area contributed by atoms with Crippen LogP contribution in [0.3, 0.4) is 0 Å². The normalized spacial score (nSPS) is 17.6. The lowest BCUT2D eigenvalue weighted by atomic mass is 10.0. The molecule has 4 aromatic carbocycles. The van der Waals surface area contributed by atoms with E-state index >= 15 is 0 Å². The first-order chi connectivity index (χ1) is 61.4. The van der Waals surface area contributed by atoms with E-state index in [0.29, 0.717) is 110 Å². The quantitative estimate of drug-likeness (QED) is 0.00763.